The van der Waals surface area contributed by atoms with E-state index in [0.29, 0.717) is 0 Å². The maximum atomic E-state index is 13.1. The predicted octanol–water partition coefficient (Wildman–Crippen LogP) is 4.39. The minimum atomic E-state index is -5.09. The summed E-state index contributed by atoms with van der Waals surface area (Å²) in [5, 5.41) is 22.0. The standard InChI is InChI=1S/C21H22F3N3O5S/c1-11-15(27-33(5,30)31)9-13(20(2,3)4)18(28)17(11)19(29)26-14-7-6-12(10-25)8-16(14)32-21(22,23)24/h6-9,27-28H,1-5H3,(H,26,29). The second kappa shape index (κ2) is 8.82. The third kappa shape index (κ3) is 6.52. The number of hydrogen-bond donors (Lipinski definition) is 3. The Bertz CT molecular complexity index is 1240. The molecule has 0 aromatic heterocycles. The van der Waals surface area contributed by atoms with Crippen LogP contribution in [-0.4, -0.2) is 32.0 Å². The molecule has 0 atom stereocenters. The van der Waals surface area contributed by atoms with Gasteiger partial charge in [-0.15, -0.1) is 13.2 Å². The van der Waals surface area contributed by atoms with Crippen LogP contribution in [0.2, 0.25) is 0 Å². The number of phenolic OH excluding ortho intramolecular Hbond substituents is 1. The molecule has 0 aliphatic heterocycles. The van der Waals surface area contributed by atoms with Crippen LogP contribution < -0.4 is 14.8 Å². The molecule has 1 amide bonds. The lowest BCUT2D eigenvalue weighted by Gasteiger charge is -2.25. The molecule has 2 rings (SSSR count). The summed E-state index contributed by atoms with van der Waals surface area (Å²) in [5.74, 6) is -2.29. The second-order valence-corrected chi connectivity index (χ2v) is 10.0. The summed E-state index contributed by atoms with van der Waals surface area (Å²) in [6.07, 6.45) is -4.18. The Morgan fingerprint density at radius 3 is 2.24 bits per heavy atom. The van der Waals surface area contributed by atoms with Crippen LogP contribution in [0.5, 0.6) is 11.5 Å². The van der Waals surface area contributed by atoms with Crippen molar-refractivity contribution >= 4 is 27.3 Å². The van der Waals surface area contributed by atoms with Crippen LogP contribution in [0.1, 0.15) is 47.8 Å². The van der Waals surface area contributed by atoms with Crippen molar-refractivity contribution in [3.05, 3.63) is 46.5 Å². The maximum Gasteiger partial charge on any atom is 0.573 e. The number of sulfonamides is 1. The highest BCUT2D eigenvalue weighted by Crippen LogP contribution is 2.40. The Kier molecular flexibility index (Phi) is 6.90. The summed E-state index contributed by atoms with van der Waals surface area (Å²) < 4.78 is 68.2. The van der Waals surface area contributed by atoms with E-state index < -0.39 is 44.9 Å². The number of aromatic hydroxyl groups is 1. The highest BCUT2D eigenvalue weighted by molar-refractivity contribution is 7.92. The van der Waals surface area contributed by atoms with Gasteiger partial charge in [0.2, 0.25) is 10.0 Å². The van der Waals surface area contributed by atoms with E-state index in [1.54, 1.807) is 26.8 Å². The van der Waals surface area contributed by atoms with Crippen LogP contribution in [-0.2, 0) is 15.4 Å². The number of phenols is 1. The smallest absolute Gasteiger partial charge is 0.507 e. The summed E-state index contributed by atoms with van der Waals surface area (Å²) in [6.45, 7) is 6.54. The largest absolute Gasteiger partial charge is 0.573 e. The van der Waals surface area contributed by atoms with Crippen LogP contribution in [0.15, 0.2) is 24.3 Å². The van der Waals surface area contributed by atoms with Gasteiger partial charge in [0.1, 0.15) is 5.75 Å². The Morgan fingerprint density at radius 1 is 1.15 bits per heavy atom. The number of benzene rings is 2. The van der Waals surface area contributed by atoms with Gasteiger partial charge in [-0.05, 0) is 36.1 Å². The first-order valence-corrected chi connectivity index (χ1v) is 11.3. The Hall–Kier alpha value is -3.46. The molecule has 0 aliphatic carbocycles. The van der Waals surface area contributed by atoms with Crippen molar-refractivity contribution in [2.24, 2.45) is 0 Å². The fourth-order valence-electron chi connectivity index (χ4n) is 3.01. The van der Waals surface area contributed by atoms with Gasteiger partial charge in [-0.1, -0.05) is 20.8 Å². The number of nitriles is 1. The molecule has 0 radical (unpaired) electrons. The average molecular weight is 485 g/mol. The van der Waals surface area contributed by atoms with Crippen LogP contribution >= 0.6 is 0 Å². The maximum absolute atomic E-state index is 13.1. The molecule has 8 nitrogen and oxygen atoms in total. The fourth-order valence-corrected chi connectivity index (χ4v) is 3.62. The number of anilines is 2. The third-order valence-electron chi connectivity index (χ3n) is 4.47. The van der Waals surface area contributed by atoms with Crippen LogP contribution in [0.3, 0.4) is 0 Å². The highest BCUT2D eigenvalue weighted by atomic mass is 32.2. The molecule has 0 aliphatic rings. The molecular weight excluding hydrogens is 463 g/mol. The van der Waals surface area contributed by atoms with Gasteiger partial charge in [-0.2, -0.15) is 5.26 Å². The van der Waals surface area contributed by atoms with Crippen LogP contribution in [0.25, 0.3) is 0 Å². The molecule has 0 unspecified atom stereocenters. The predicted molar refractivity (Wildman–Crippen MR) is 116 cm³/mol. The van der Waals surface area contributed by atoms with E-state index in [0.717, 1.165) is 18.4 Å². The SMILES string of the molecule is Cc1c(NS(C)(=O)=O)cc(C(C)(C)C)c(O)c1C(=O)Nc1ccc(C#N)cc1OC(F)(F)F. The van der Waals surface area contributed by atoms with E-state index in [9.17, 15) is 31.5 Å². The minimum absolute atomic E-state index is 0.0250. The third-order valence-corrected chi connectivity index (χ3v) is 5.07. The number of halogens is 3. The topological polar surface area (TPSA) is 129 Å². The van der Waals surface area contributed by atoms with Gasteiger partial charge < -0.3 is 15.2 Å². The number of nitrogens with zero attached hydrogens (tertiary/aromatic N) is 1. The van der Waals surface area contributed by atoms with E-state index in [1.807, 2.05) is 0 Å². The van der Waals surface area contributed by atoms with Gasteiger partial charge in [-0.25, -0.2) is 8.42 Å². The minimum Gasteiger partial charge on any atom is -0.507 e. The summed E-state index contributed by atoms with van der Waals surface area (Å²) >= 11 is 0. The van der Waals surface area contributed by atoms with E-state index in [2.05, 4.69) is 14.8 Å². The Morgan fingerprint density at radius 2 is 1.76 bits per heavy atom. The summed E-state index contributed by atoms with van der Waals surface area (Å²) in [6, 6.07) is 6.09. The summed E-state index contributed by atoms with van der Waals surface area (Å²) in [7, 11) is -3.75. The molecule has 33 heavy (non-hydrogen) atoms. The van der Waals surface area contributed by atoms with E-state index in [-0.39, 0.29) is 27.9 Å². The first-order valence-electron chi connectivity index (χ1n) is 9.39. The molecule has 0 bridgehead atoms. The summed E-state index contributed by atoms with van der Waals surface area (Å²) in [4.78, 5) is 13.1. The second-order valence-electron chi connectivity index (χ2n) is 8.27. The molecule has 178 valence electrons. The van der Waals surface area contributed by atoms with Gasteiger partial charge in [0.15, 0.2) is 5.75 Å². The fraction of sp³-hybridized carbons (Fsp3) is 0.333. The van der Waals surface area contributed by atoms with Gasteiger partial charge in [-0.3, -0.25) is 9.52 Å². The zero-order chi connectivity index (χ0) is 25.4. The number of carbonyl (C=O) groups excluding carboxylic acids is 1. The molecule has 3 N–H and O–H groups in total. The molecule has 0 saturated carbocycles. The number of nitrogens with one attached hydrogen (secondary N) is 2. The summed E-state index contributed by atoms with van der Waals surface area (Å²) in [5.41, 5.74) is -1.30. The molecule has 2 aromatic rings. The quantitative estimate of drug-likeness (QED) is 0.539. The highest BCUT2D eigenvalue weighted by Gasteiger charge is 2.33. The van der Waals surface area contributed by atoms with E-state index in [4.69, 9.17) is 5.26 Å². The van der Waals surface area contributed by atoms with E-state index >= 15 is 0 Å². The number of rotatable bonds is 5. The van der Waals surface area contributed by atoms with Gasteiger partial charge in [0, 0.05) is 11.6 Å². The molecular formula is C21H22F3N3O5S. The van der Waals surface area contributed by atoms with Crippen molar-refractivity contribution in [2.45, 2.75) is 39.5 Å². The lowest BCUT2D eigenvalue weighted by atomic mass is 9.83. The van der Waals surface area contributed by atoms with Crippen molar-refractivity contribution in [1.82, 2.24) is 0 Å². The van der Waals surface area contributed by atoms with Crippen molar-refractivity contribution in [3.63, 3.8) is 0 Å². The average Bonchev–Trinajstić information content (AvgIpc) is 2.62. The van der Waals surface area contributed by atoms with Crippen molar-refractivity contribution in [1.29, 1.82) is 5.26 Å². The molecule has 0 spiro atoms. The number of hydrogen-bond acceptors (Lipinski definition) is 6. The van der Waals surface area contributed by atoms with Crippen LogP contribution in [0.4, 0.5) is 24.5 Å². The van der Waals surface area contributed by atoms with Crippen LogP contribution in [0, 0.1) is 18.3 Å². The first-order chi connectivity index (χ1) is 14.9. The zero-order valence-electron chi connectivity index (χ0n) is 18.4. The number of ether oxygens (including phenoxy) is 1. The van der Waals surface area contributed by atoms with Gasteiger partial charge in [0.05, 0.1) is 34.8 Å². The molecule has 0 saturated heterocycles. The van der Waals surface area contributed by atoms with E-state index in [1.165, 1.54) is 19.1 Å². The first kappa shape index (κ1) is 25.8. The van der Waals surface area contributed by atoms with Gasteiger partial charge in [0.25, 0.3) is 5.91 Å². The lowest BCUT2D eigenvalue weighted by molar-refractivity contribution is -0.274. The van der Waals surface area contributed by atoms with Crippen molar-refractivity contribution < 1.29 is 36.2 Å². The number of carbonyl (C=O) groups is 1. The molecule has 0 heterocycles. The molecule has 12 heteroatoms. The van der Waals surface area contributed by atoms with Crippen molar-refractivity contribution in [3.8, 4) is 17.6 Å². The monoisotopic (exact) mass is 485 g/mol. The van der Waals surface area contributed by atoms with Gasteiger partial charge >= 0.3 is 6.36 Å². The zero-order valence-corrected chi connectivity index (χ0v) is 19.2. The Labute approximate surface area is 189 Å². The normalized spacial score (nSPS) is 12.1. The molecule has 0 fully saturated rings. The Balaban J connectivity index is 2.65. The number of alkyl halides is 3. The number of amides is 1. The molecule has 2 aromatic carbocycles. The van der Waals surface area contributed by atoms with Crippen molar-refractivity contribution in [2.75, 3.05) is 16.3 Å². The lowest BCUT2D eigenvalue weighted by Crippen LogP contribution is -2.22.